The summed E-state index contributed by atoms with van der Waals surface area (Å²) in [5.41, 5.74) is 0. The number of nitrogens with zero attached hydrogens (tertiary/aromatic N) is 2. The van der Waals surface area contributed by atoms with E-state index in [1.165, 1.54) is 0 Å². The van der Waals surface area contributed by atoms with Crippen molar-refractivity contribution in [3.05, 3.63) is 0 Å². The van der Waals surface area contributed by atoms with Gasteiger partial charge in [-0.05, 0) is 80.1 Å². The summed E-state index contributed by atoms with van der Waals surface area (Å²) < 4.78 is 45.7. The first-order chi connectivity index (χ1) is 20.1. The Morgan fingerprint density at radius 1 is 0.595 bits per heavy atom. The zero-order valence-corrected chi connectivity index (χ0v) is 29.6. The number of amides is 2. The molecule has 2 atom stereocenters. The van der Waals surface area contributed by atoms with Crippen LogP contribution in [0.2, 0.25) is 0 Å². The number of unbranched alkanes of at least 4 members (excludes halogenated alkanes) is 2. The molecule has 2 unspecified atom stereocenters. The first-order valence-corrected chi connectivity index (χ1v) is 19.4. The molecular formula is C28H60N4O8Si2. The highest BCUT2D eigenvalue weighted by Gasteiger charge is 2.50. The van der Waals surface area contributed by atoms with Crippen LogP contribution in [0.3, 0.4) is 0 Å². The van der Waals surface area contributed by atoms with Crippen molar-refractivity contribution in [2.75, 3.05) is 39.5 Å². The van der Waals surface area contributed by atoms with Gasteiger partial charge in [-0.2, -0.15) is 0 Å². The highest BCUT2D eigenvalue weighted by molar-refractivity contribution is 6.62. The fraction of sp³-hybridized carbons (Fsp3) is 0.929. The van der Waals surface area contributed by atoms with Crippen LogP contribution in [-0.2, 0) is 36.1 Å². The van der Waals surface area contributed by atoms with Crippen LogP contribution in [0, 0.1) is 0 Å². The summed E-state index contributed by atoms with van der Waals surface area (Å²) in [4.78, 5) is 23.8. The predicted octanol–water partition coefficient (Wildman–Crippen LogP) is 5.44. The van der Waals surface area contributed by atoms with Crippen LogP contribution in [0.4, 0.5) is 0 Å². The molecule has 12 nitrogen and oxygen atoms in total. The van der Waals surface area contributed by atoms with E-state index in [2.05, 4.69) is 34.0 Å². The SMILES string of the molecule is CCCCC(=O)NCCCC(C)O[Si](N=N[Si](OCC)(OCC)OC(C)CCCNC(=O)CCCC)(OCC)OCC. The molecule has 14 heteroatoms. The Morgan fingerprint density at radius 3 is 1.21 bits per heavy atom. The number of hydrogen-bond donors (Lipinski definition) is 2. The molecule has 2 N–H and O–H groups in total. The van der Waals surface area contributed by atoms with Gasteiger partial charge < -0.3 is 37.2 Å². The number of hydrogen-bond acceptors (Lipinski definition) is 10. The van der Waals surface area contributed by atoms with Gasteiger partial charge >= 0.3 is 17.9 Å². The summed E-state index contributed by atoms with van der Waals surface area (Å²) in [6.45, 7) is 17.9. The average molecular weight is 637 g/mol. The van der Waals surface area contributed by atoms with Gasteiger partial charge in [-0.3, -0.25) is 9.59 Å². The van der Waals surface area contributed by atoms with Gasteiger partial charge in [-0.1, -0.05) is 26.7 Å². The second kappa shape index (κ2) is 25.1. The molecule has 0 bridgehead atoms. The van der Waals surface area contributed by atoms with E-state index in [0.29, 0.717) is 65.2 Å². The predicted molar refractivity (Wildman–Crippen MR) is 167 cm³/mol. The first kappa shape index (κ1) is 40.7. The monoisotopic (exact) mass is 636 g/mol. The largest absolute Gasteiger partial charge is 0.670 e. The molecule has 0 saturated heterocycles. The topological polar surface area (TPSA) is 138 Å². The number of nitrogens with one attached hydrogen (secondary N) is 2. The van der Waals surface area contributed by atoms with E-state index in [4.69, 9.17) is 26.6 Å². The fourth-order valence-electron chi connectivity index (χ4n) is 3.95. The van der Waals surface area contributed by atoms with Gasteiger partial charge in [0.05, 0.1) is 0 Å². The maximum Gasteiger partial charge on any atom is 0.670 e. The minimum absolute atomic E-state index is 0.0747. The normalized spacial score (nSPS) is 13.8. The highest BCUT2D eigenvalue weighted by Crippen LogP contribution is 2.23. The van der Waals surface area contributed by atoms with Crippen LogP contribution in [-0.4, -0.2) is 81.5 Å². The first-order valence-electron chi connectivity index (χ1n) is 16.0. The Bertz CT molecular complexity index is 666. The number of carbonyl (C=O) groups is 2. The third-order valence-electron chi connectivity index (χ3n) is 6.04. The molecule has 0 saturated carbocycles. The highest BCUT2D eigenvalue weighted by atomic mass is 28.4. The van der Waals surface area contributed by atoms with Crippen LogP contribution < -0.4 is 10.6 Å². The molecule has 0 aliphatic carbocycles. The molecule has 0 heterocycles. The Balaban J connectivity index is 5.44. The zero-order valence-electron chi connectivity index (χ0n) is 27.6. The van der Waals surface area contributed by atoms with E-state index in [-0.39, 0.29) is 24.0 Å². The quantitative estimate of drug-likeness (QED) is 0.0658. The minimum Gasteiger partial charge on any atom is -0.356 e. The zero-order chi connectivity index (χ0) is 31.7. The van der Waals surface area contributed by atoms with E-state index in [1.807, 2.05) is 41.5 Å². The average Bonchev–Trinajstić information content (AvgIpc) is 2.95. The standard InChI is InChI=1S/C28H60N4O8Si2/c1-9-15-21-27(33)29-23-17-19-25(7)39-41(35-11-3,36-12-4)31-32-42(37-13-5,38-14-6)40-26(8)20-18-24-30-28(34)22-16-10-2/h25-26H,9-24H2,1-8H3,(H,29,33)(H,30,34). The van der Waals surface area contributed by atoms with Crippen LogP contribution >= 0.6 is 0 Å². The lowest BCUT2D eigenvalue weighted by atomic mass is 10.2. The fourth-order valence-corrected chi connectivity index (χ4v) is 8.40. The summed E-state index contributed by atoms with van der Waals surface area (Å²) in [7, 11) is -7.23. The van der Waals surface area contributed by atoms with Crippen molar-refractivity contribution in [2.45, 2.75) is 132 Å². The van der Waals surface area contributed by atoms with Gasteiger partial charge in [-0.15, -0.1) is 9.56 Å². The van der Waals surface area contributed by atoms with Gasteiger partial charge in [0.25, 0.3) is 0 Å². The van der Waals surface area contributed by atoms with E-state index < -0.39 is 17.9 Å². The summed E-state index contributed by atoms with van der Waals surface area (Å²) in [5, 5.41) is 5.91. The molecule has 0 fully saturated rings. The van der Waals surface area contributed by atoms with Crippen LogP contribution in [0.15, 0.2) is 9.56 Å². The third-order valence-corrected chi connectivity index (χ3v) is 10.9. The molecule has 0 rings (SSSR count). The van der Waals surface area contributed by atoms with Crippen molar-refractivity contribution in [3.8, 4) is 0 Å². The summed E-state index contributed by atoms with van der Waals surface area (Å²) in [5.74, 6) is 0.149. The van der Waals surface area contributed by atoms with E-state index in [9.17, 15) is 9.59 Å². The van der Waals surface area contributed by atoms with Crippen LogP contribution in [0.25, 0.3) is 0 Å². The Kier molecular flexibility index (Phi) is 24.3. The number of rotatable bonds is 28. The van der Waals surface area contributed by atoms with Gasteiger partial charge in [-0.25, -0.2) is 0 Å². The molecule has 0 radical (unpaired) electrons. The van der Waals surface area contributed by atoms with Gasteiger partial charge in [0, 0.05) is 64.6 Å². The Morgan fingerprint density at radius 2 is 0.929 bits per heavy atom. The molecule has 0 spiro atoms. The minimum atomic E-state index is -3.61. The van der Waals surface area contributed by atoms with Crippen molar-refractivity contribution >= 4 is 29.7 Å². The van der Waals surface area contributed by atoms with Gasteiger partial charge in [0.1, 0.15) is 0 Å². The van der Waals surface area contributed by atoms with E-state index in [0.717, 1.165) is 38.5 Å². The molecule has 248 valence electrons. The summed E-state index contributed by atoms with van der Waals surface area (Å²) in [6.07, 6.45) is 7.23. The Hall–Kier alpha value is -1.27. The van der Waals surface area contributed by atoms with Crippen LogP contribution in [0.5, 0.6) is 0 Å². The summed E-state index contributed by atoms with van der Waals surface area (Å²) in [6, 6.07) is 0. The second-order valence-electron chi connectivity index (χ2n) is 10.0. The van der Waals surface area contributed by atoms with Crippen LogP contribution in [0.1, 0.15) is 120 Å². The van der Waals surface area contributed by atoms with Gasteiger partial charge in [0.2, 0.25) is 11.8 Å². The molecular weight excluding hydrogens is 577 g/mol. The van der Waals surface area contributed by atoms with Crippen molar-refractivity contribution in [3.63, 3.8) is 0 Å². The molecule has 42 heavy (non-hydrogen) atoms. The van der Waals surface area contributed by atoms with Crippen molar-refractivity contribution < 1.29 is 36.1 Å². The van der Waals surface area contributed by atoms with Crippen molar-refractivity contribution in [2.24, 2.45) is 9.56 Å². The molecule has 2 amide bonds. The third kappa shape index (κ3) is 19.1. The maximum atomic E-state index is 11.9. The van der Waals surface area contributed by atoms with E-state index in [1.54, 1.807) is 0 Å². The molecule has 0 aliphatic heterocycles. The summed E-state index contributed by atoms with van der Waals surface area (Å²) >= 11 is 0. The molecule has 0 aromatic carbocycles. The van der Waals surface area contributed by atoms with Crippen molar-refractivity contribution in [1.29, 1.82) is 0 Å². The van der Waals surface area contributed by atoms with Crippen molar-refractivity contribution in [1.82, 2.24) is 10.6 Å². The molecule has 0 aliphatic rings. The smallest absolute Gasteiger partial charge is 0.356 e. The number of carbonyl (C=O) groups excluding carboxylic acids is 2. The van der Waals surface area contributed by atoms with E-state index >= 15 is 0 Å². The second-order valence-corrected chi connectivity index (χ2v) is 14.1. The maximum absolute atomic E-state index is 11.9. The Labute approximate surface area is 257 Å². The lowest BCUT2D eigenvalue weighted by Gasteiger charge is -2.29. The molecule has 0 aromatic rings. The lowest BCUT2D eigenvalue weighted by molar-refractivity contribution is -0.122. The van der Waals surface area contributed by atoms with Gasteiger partial charge in [0.15, 0.2) is 0 Å². The molecule has 0 aromatic heterocycles. The lowest BCUT2D eigenvalue weighted by Crippen LogP contribution is -2.50.